The quantitative estimate of drug-likeness (QED) is 0.345. The summed E-state index contributed by atoms with van der Waals surface area (Å²) in [6, 6.07) is 0. The van der Waals surface area contributed by atoms with Crippen molar-refractivity contribution in [1.82, 2.24) is 0 Å². The fourth-order valence-electron chi connectivity index (χ4n) is 1.64. The van der Waals surface area contributed by atoms with E-state index in [1.54, 1.807) is 14.2 Å². The summed E-state index contributed by atoms with van der Waals surface area (Å²) in [7, 11) is 3.45. The fraction of sp³-hybridized carbons (Fsp3) is 0.889. The number of nitrogens with zero attached hydrogens (tertiary/aromatic N) is 1. The Morgan fingerprint density at radius 1 is 1.71 bits per heavy atom. The molecule has 1 saturated heterocycles. The zero-order valence-corrected chi connectivity index (χ0v) is 10.7. The van der Waals surface area contributed by atoms with Crippen molar-refractivity contribution in [2.24, 2.45) is 10.9 Å². The van der Waals surface area contributed by atoms with E-state index in [0.29, 0.717) is 12.5 Å². The normalized spacial score (nSPS) is 33.2. The molecule has 1 fully saturated rings. The first-order valence-corrected chi connectivity index (χ1v) is 6.85. The summed E-state index contributed by atoms with van der Waals surface area (Å²) < 4.78 is 20.0. The number of hydrogen-bond donors (Lipinski definition) is 1. The molecule has 0 aromatic carbocycles. The molecule has 1 rings (SSSR count). The number of rotatable bonds is 5. The van der Waals surface area contributed by atoms with Gasteiger partial charge in [0.05, 0.1) is 0 Å². The summed E-state index contributed by atoms with van der Waals surface area (Å²) in [5.41, 5.74) is 0. The van der Waals surface area contributed by atoms with Gasteiger partial charge in [0.2, 0.25) is 0 Å². The molecule has 5 heteroatoms. The van der Waals surface area contributed by atoms with E-state index in [1.165, 1.54) is 0 Å². The molecule has 0 saturated carbocycles. The Bertz CT molecular complexity index is 189. The Morgan fingerprint density at radius 3 is 3.07 bits per heavy atom. The second-order valence-corrected chi connectivity index (χ2v) is 5.26. The molecular formula is C9H17INO3-. The second kappa shape index (κ2) is 6.71. The Hall–Kier alpha value is 0.280. The van der Waals surface area contributed by atoms with Crippen LogP contribution in [0, 0.1) is 5.92 Å². The molecule has 1 aliphatic rings. The van der Waals surface area contributed by atoms with Crippen LogP contribution in [0.1, 0.15) is 12.8 Å². The molecule has 3 atom stereocenters. The van der Waals surface area contributed by atoms with E-state index in [4.69, 9.17) is 12.9 Å². The molecule has 0 spiro atoms. The summed E-state index contributed by atoms with van der Waals surface area (Å²) in [6.45, 7) is 0.614. The number of halogens is 1. The Balaban J connectivity index is 2.43. The molecule has 84 valence electrons. The van der Waals surface area contributed by atoms with Gasteiger partial charge in [0.15, 0.2) is 0 Å². The number of methoxy groups -OCH3 is 1. The van der Waals surface area contributed by atoms with E-state index in [9.17, 15) is 0 Å². The van der Waals surface area contributed by atoms with Gasteiger partial charge in [-0.05, 0) is 0 Å². The first-order chi connectivity index (χ1) is 6.81. The standard InChI is InChI=1S/C9H17INO3/c1-11-4-3-7-5-9(10-12)14-8(7)6-13-2/h4,7-9,12H,3,5-6H2,1-2H3/q-1. The first kappa shape index (κ1) is 12.4. The molecule has 14 heavy (non-hydrogen) atoms. The van der Waals surface area contributed by atoms with E-state index in [-0.39, 0.29) is 10.2 Å². The zero-order valence-electron chi connectivity index (χ0n) is 8.52. The monoisotopic (exact) mass is 314 g/mol. The Labute approximate surface area is 95.5 Å². The van der Waals surface area contributed by atoms with Gasteiger partial charge in [-0.3, -0.25) is 0 Å². The predicted octanol–water partition coefficient (Wildman–Crippen LogP) is -2.55. The van der Waals surface area contributed by atoms with Gasteiger partial charge in [-0.2, -0.15) is 0 Å². The van der Waals surface area contributed by atoms with Crippen molar-refractivity contribution >= 4 is 6.21 Å². The summed E-state index contributed by atoms with van der Waals surface area (Å²) in [5.74, 6) is 0.454. The molecule has 1 heterocycles. The molecule has 3 unspecified atom stereocenters. The van der Waals surface area contributed by atoms with E-state index in [2.05, 4.69) is 4.99 Å². The maximum absolute atomic E-state index is 9.11. The van der Waals surface area contributed by atoms with Crippen molar-refractivity contribution < 1.29 is 34.5 Å². The van der Waals surface area contributed by atoms with Gasteiger partial charge < -0.3 is 0 Å². The third kappa shape index (κ3) is 3.45. The molecule has 0 amide bonds. The van der Waals surface area contributed by atoms with E-state index in [1.807, 2.05) is 6.21 Å². The molecule has 4 nitrogen and oxygen atoms in total. The Morgan fingerprint density at radius 2 is 2.50 bits per heavy atom. The van der Waals surface area contributed by atoms with Crippen LogP contribution in [0.15, 0.2) is 4.99 Å². The van der Waals surface area contributed by atoms with Crippen LogP contribution in [0.25, 0.3) is 0 Å². The molecular weight excluding hydrogens is 297 g/mol. The SMILES string of the molecule is CN=CCC1CC([I-]O)OC1COC. The van der Waals surface area contributed by atoms with Gasteiger partial charge in [-0.15, -0.1) is 0 Å². The molecule has 0 radical (unpaired) electrons. The number of hydrogen-bond acceptors (Lipinski definition) is 4. The molecule has 0 bridgehead atoms. The topological polar surface area (TPSA) is 51.1 Å². The van der Waals surface area contributed by atoms with Crippen LogP contribution in [-0.2, 0) is 9.47 Å². The van der Waals surface area contributed by atoms with Crippen LogP contribution in [0.5, 0.6) is 0 Å². The number of aliphatic imine (C=N–C) groups is 1. The van der Waals surface area contributed by atoms with Gasteiger partial charge >= 0.3 is 95.5 Å². The van der Waals surface area contributed by atoms with Crippen LogP contribution in [-0.4, -0.2) is 40.6 Å². The summed E-state index contributed by atoms with van der Waals surface area (Å²) in [6.07, 6.45) is 3.92. The minimum absolute atomic E-state index is 0.0872. The maximum atomic E-state index is 9.11. The second-order valence-electron chi connectivity index (χ2n) is 3.31. The molecule has 0 aromatic heterocycles. The third-order valence-electron chi connectivity index (χ3n) is 2.37. The molecule has 1 aliphatic heterocycles. The van der Waals surface area contributed by atoms with E-state index < -0.39 is 21.6 Å². The van der Waals surface area contributed by atoms with Gasteiger partial charge in [0.25, 0.3) is 0 Å². The van der Waals surface area contributed by atoms with Crippen LogP contribution in [0.2, 0.25) is 0 Å². The fourth-order valence-corrected chi connectivity index (χ4v) is 3.03. The Kier molecular flexibility index (Phi) is 5.92. The third-order valence-corrected chi connectivity index (χ3v) is 3.79. The van der Waals surface area contributed by atoms with Crippen LogP contribution in [0.3, 0.4) is 0 Å². The van der Waals surface area contributed by atoms with Crippen molar-refractivity contribution in [2.75, 3.05) is 20.8 Å². The van der Waals surface area contributed by atoms with Gasteiger partial charge in [0.1, 0.15) is 0 Å². The van der Waals surface area contributed by atoms with Crippen molar-refractivity contribution in [3.63, 3.8) is 0 Å². The van der Waals surface area contributed by atoms with Crippen molar-refractivity contribution in [3.05, 3.63) is 0 Å². The molecule has 1 N–H and O–H groups in total. The summed E-state index contributed by atoms with van der Waals surface area (Å²) in [5, 5.41) is 0. The molecule has 0 aliphatic carbocycles. The first-order valence-electron chi connectivity index (χ1n) is 4.64. The number of alkyl halides is 1. The predicted molar refractivity (Wildman–Crippen MR) is 49.9 cm³/mol. The van der Waals surface area contributed by atoms with Gasteiger partial charge in [0, 0.05) is 0 Å². The van der Waals surface area contributed by atoms with E-state index >= 15 is 0 Å². The molecule has 0 aromatic rings. The average Bonchev–Trinajstić information content (AvgIpc) is 2.58. The minimum atomic E-state index is -0.800. The number of ether oxygens (including phenoxy) is 2. The average molecular weight is 314 g/mol. The van der Waals surface area contributed by atoms with Crippen LogP contribution < -0.4 is 21.6 Å². The van der Waals surface area contributed by atoms with Crippen molar-refractivity contribution in [2.45, 2.75) is 23.1 Å². The summed E-state index contributed by atoms with van der Waals surface area (Å²) >= 11 is -0.800. The van der Waals surface area contributed by atoms with E-state index in [0.717, 1.165) is 12.8 Å². The van der Waals surface area contributed by atoms with Gasteiger partial charge in [-0.25, -0.2) is 0 Å². The summed E-state index contributed by atoms with van der Waals surface area (Å²) in [4.78, 5) is 3.97. The van der Waals surface area contributed by atoms with Crippen LogP contribution >= 0.6 is 0 Å². The van der Waals surface area contributed by atoms with Crippen molar-refractivity contribution in [1.29, 1.82) is 0 Å². The van der Waals surface area contributed by atoms with Gasteiger partial charge in [-0.1, -0.05) is 0 Å². The zero-order chi connectivity index (χ0) is 10.4. The van der Waals surface area contributed by atoms with Crippen molar-refractivity contribution in [3.8, 4) is 0 Å². The van der Waals surface area contributed by atoms with Crippen LogP contribution in [0.4, 0.5) is 0 Å².